The second kappa shape index (κ2) is 4.62. The molecule has 0 amide bonds. The summed E-state index contributed by atoms with van der Waals surface area (Å²) in [5.74, 6) is 0. The Labute approximate surface area is 71.3 Å². The van der Waals surface area contributed by atoms with Crippen molar-refractivity contribution >= 4 is 0 Å². The molecule has 0 bridgehead atoms. The lowest BCUT2D eigenvalue weighted by molar-refractivity contribution is 0.109. The average Bonchev–Trinajstić information content (AvgIpc) is 2.16. The Morgan fingerprint density at radius 3 is 2.58 bits per heavy atom. The van der Waals surface area contributed by atoms with Crippen molar-refractivity contribution in [1.29, 1.82) is 0 Å². The zero-order valence-corrected chi connectivity index (χ0v) is 6.93. The number of hydrogen-bond acceptors (Lipinski definition) is 3. The van der Waals surface area contributed by atoms with Crippen LogP contribution in [0.3, 0.4) is 0 Å². The molecule has 1 rings (SSSR count). The Balaban J connectivity index is 2.56. The molecule has 0 spiro atoms. The molecule has 0 saturated heterocycles. The van der Waals surface area contributed by atoms with E-state index in [1.807, 2.05) is 30.3 Å². The maximum Gasteiger partial charge on any atom is 0.193 e. The molecule has 12 heavy (non-hydrogen) atoms. The van der Waals surface area contributed by atoms with Gasteiger partial charge in [0, 0.05) is 13.5 Å². The maximum atomic E-state index is 10.2. The first-order chi connectivity index (χ1) is 5.86. The summed E-state index contributed by atoms with van der Waals surface area (Å²) in [6.07, 6.45) is -0.0201. The molecule has 1 unspecified atom stereocenters. The lowest BCUT2D eigenvalue weighted by atomic mass is 10.1. The van der Waals surface area contributed by atoms with E-state index in [1.165, 1.54) is 7.11 Å². The van der Waals surface area contributed by atoms with Crippen LogP contribution in [0.2, 0.25) is 0 Å². The fourth-order valence-electron chi connectivity index (χ4n) is 0.979. The van der Waals surface area contributed by atoms with E-state index in [0.29, 0.717) is 6.42 Å². The molecule has 1 atom stereocenters. The van der Waals surface area contributed by atoms with Crippen LogP contribution in [0.4, 0.5) is 0 Å². The molecule has 0 aliphatic carbocycles. The van der Waals surface area contributed by atoms with Gasteiger partial charge in [0.15, 0.2) is 6.23 Å². The van der Waals surface area contributed by atoms with Crippen LogP contribution < -0.4 is 0 Å². The Morgan fingerprint density at radius 2 is 2.08 bits per heavy atom. The van der Waals surface area contributed by atoms with Gasteiger partial charge < -0.3 is 4.74 Å². The molecular weight excluding hydrogens is 154 g/mol. The highest BCUT2D eigenvalue weighted by Crippen LogP contribution is 2.05. The lowest BCUT2D eigenvalue weighted by Crippen LogP contribution is -2.09. The Hall–Kier alpha value is -1.22. The van der Waals surface area contributed by atoms with Gasteiger partial charge in [0.05, 0.1) is 0 Å². The van der Waals surface area contributed by atoms with Crippen molar-refractivity contribution < 1.29 is 4.74 Å². The normalized spacial score (nSPS) is 12.4. The first kappa shape index (κ1) is 8.87. The predicted octanol–water partition coefficient (Wildman–Crippen LogP) is 1.97. The van der Waals surface area contributed by atoms with Crippen molar-refractivity contribution in [2.75, 3.05) is 7.11 Å². The largest absolute Gasteiger partial charge is 0.356 e. The van der Waals surface area contributed by atoms with Crippen molar-refractivity contribution in [1.82, 2.24) is 0 Å². The molecule has 0 radical (unpaired) electrons. The second-order valence-electron chi connectivity index (χ2n) is 2.49. The van der Waals surface area contributed by atoms with Crippen molar-refractivity contribution in [3.8, 4) is 0 Å². The highest BCUT2D eigenvalue weighted by Gasteiger charge is 2.06. The summed E-state index contributed by atoms with van der Waals surface area (Å²) in [4.78, 5) is 10.2. The third-order valence-electron chi connectivity index (χ3n) is 1.64. The molecular formula is C9H11NO2. The fraction of sp³-hybridized carbons (Fsp3) is 0.333. The number of hydrogen-bond donors (Lipinski definition) is 0. The van der Waals surface area contributed by atoms with Gasteiger partial charge in [-0.15, -0.1) is 4.91 Å². The fourth-order valence-corrected chi connectivity index (χ4v) is 0.979. The molecule has 3 heteroatoms. The van der Waals surface area contributed by atoms with Gasteiger partial charge >= 0.3 is 0 Å². The number of rotatable bonds is 4. The summed E-state index contributed by atoms with van der Waals surface area (Å²) in [6, 6.07) is 9.66. The molecule has 0 saturated carbocycles. The summed E-state index contributed by atoms with van der Waals surface area (Å²) in [5.41, 5.74) is 1.06. The van der Waals surface area contributed by atoms with E-state index < -0.39 is 6.23 Å². The van der Waals surface area contributed by atoms with Gasteiger partial charge in [-0.25, -0.2) is 0 Å². The minimum absolute atomic E-state index is 0.542. The number of ether oxygens (including phenoxy) is 1. The van der Waals surface area contributed by atoms with E-state index >= 15 is 0 Å². The van der Waals surface area contributed by atoms with E-state index in [1.54, 1.807) is 0 Å². The van der Waals surface area contributed by atoms with Crippen molar-refractivity contribution in [2.45, 2.75) is 12.6 Å². The van der Waals surface area contributed by atoms with E-state index in [4.69, 9.17) is 4.74 Å². The molecule has 0 aliphatic heterocycles. The molecule has 0 fully saturated rings. The summed E-state index contributed by atoms with van der Waals surface area (Å²) >= 11 is 0. The van der Waals surface area contributed by atoms with Crippen LogP contribution in [0.15, 0.2) is 35.5 Å². The SMILES string of the molecule is COC(Cc1ccccc1)N=O. The van der Waals surface area contributed by atoms with Crippen LogP contribution in [-0.4, -0.2) is 13.3 Å². The first-order valence-corrected chi connectivity index (χ1v) is 3.76. The Kier molecular flexibility index (Phi) is 3.41. The van der Waals surface area contributed by atoms with Crippen LogP contribution in [0.25, 0.3) is 0 Å². The average molecular weight is 165 g/mol. The number of methoxy groups -OCH3 is 1. The van der Waals surface area contributed by atoms with Gasteiger partial charge in [0.1, 0.15) is 0 Å². The smallest absolute Gasteiger partial charge is 0.193 e. The van der Waals surface area contributed by atoms with Gasteiger partial charge in [-0.3, -0.25) is 0 Å². The van der Waals surface area contributed by atoms with Gasteiger partial charge in [-0.05, 0) is 10.7 Å². The van der Waals surface area contributed by atoms with Gasteiger partial charge in [0.25, 0.3) is 0 Å². The molecule has 1 aromatic carbocycles. The van der Waals surface area contributed by atoms with Crippen molar-refractivity contribution in [3.63, 3.8) is 0 Å². The van der Waals surface area contributed by atoms with Crippen LogP contribution in [0, 0.1) is 4.91 Å². The molecule has 0 aliphatic rings. The number of nitroso groups, excluding NO2 is 1. The van der Waals surface area contributed by atoms with Gasteiger partial charge in [-0.2, -0.15) is 0 Å². The molecule has 0 aromatic heterocycles. The van der Waals surface area contributed by atoms with E-state index in [2.05, 4.69) is 5.18 Å². The van der Waals surface area contributed by atoms with E-state index in [0.717, 1.165) is 5.56 Å². The standard InChI is InChI=1S/C9H11NO2/c1-12-9(10-11)7-8-5-3-2-4-6-8/h2-6,9H,7H2,1H3. The van der Waals surface area contributed by atoms with Crippen LogP contribution in [0.1, 0.15) is 5.56 Å². The summed E-state index contributed by atoms with van der Waals surface area (Å²) in [7, 11) is 1.48. The van der Waals surface area contributed by atoms with Gasteiger partial charge in [-0.1, -0.05) is 30.3 Å². The van der Waals surface area contributed by atoms with Crippen LogP contribution in [0.5, 0.6) is 0 Å². The minimum Gasteiger partial charge on any atom is -0.356 e. The van der Waals surface area contributed by atoms with Crippen LogP contribution in [-0.2, 0) is 11.2 Å². The molecule has 3 nitrogen and oxygen atoms in total. The zero-order chi connectivity index (χ0) is 8.81. The van der Waals surface area contributed by atoms with Crippen LogP contribution >= 0.6 is 0 Å². The quantitative estimate of drug-likeness (QED) is 0.640. The minimum atomic E-state index is -0.563. The van der Waals surface area contributed by atoms with E-state index in [9.17, 15) is 4.91 Å². The van der Waals surface area contributed by atoms with Crippen molar-refractivity contribution in [3.05, 3.63) is 40.8 Å². The maximum absolute atomic E-state index is 10.2. The number of benzene rings is 1. The predicted molar refractivity (Wildman–Crippen MR) is 46.7 cm³/mol. The summed E-state index contributed by atoms with van der Waals surface area (Å²) in [5, 5.41) is 2.83. The summed E-state index contributed by atoms with van der Waals surface area (Å²) < 4.78 is 4.82. The highest BCUT2D eigenvalue weighted by atomic mass is 16.5. The molecule has 1 aromatic rings. The summed E-state index contributed by atoms with van der Waals surface area (Å²) in [6.45, 7) is 0. The molecule has 64 valence electrons. The Bertz CT molecular complexity index is 236. The molecule has 0 N–H and O–H groups in total. The zero-order valence-electron chi connectivity index (χ0n) is 6.93. The third-order valence-corrected chi connectivity index (χ3v) is 1.64. The highest BCUT2D eigenvalue weighted by molar-refractivity contribution is 5.15. The van der Waals surface area contributed by atoms with Gasteiger partial charge in [0.2, 0.25) is 0 Å². The monoisotopic (exact) mass is 165 g/mol. The third kappa shape index (κ3) is 2.43. The van der Waals surface area contributed by atoms with E-state index in [-0.39, 0.29) is 0 Å². The second-order valence-corrected chi connectivity index (χ2v) is 2.49. The molecule has 0 heterocycles. The van der Waals surface area contributed by atoms with Crippen molar-refractivity contribution in [2.24, 2.45) is 5.18 Å². The topological polar surface area (TPSA) is 38.7 Å². The number of nitrogens with zero attached hydrogens (tertiary/aromatic N) is 1. The Morgan fingerprint density at radius 1 is 1.42 bits per heavy atom. The lowest BCUT2D eigenvalue weighted by Gasteiger charge is -2.05. The first-order valence-electron chi connectivity index (χ1n) is 3.76.